The summed E-state index contributed by atoms with van der Waals surface area (Å²) in [6.07, 6.45) is 5.57. The topological polar surface area (TPSA) is 39.4 Å². The van der Waals surface area contributed by atoms with E-state index in [1.54, 1.807) is 24.5 Å². The van der Waals surface area contributed by atoms with E-state index in [0.29, 0.717) is 12.5 Å². The molecule has 4 aromatic rings. The Balaban J connectivity index is 1.92. The summed E-state index contributed by atoms with van der Waals surface area (Å²) in [4.78, 5) is 4.12. The Morgan fingerprint density at radius 1 is 0.963 bits per heavy atom. The molecular weight excluding hydrogens is 341 g/mol. The minimum Gasteiger partial charge on any atom is -0.478 e. The van der Waals surface area contributed by atoms with Crippen molar-refractivity contribution < 1.29 is 9.13 Å². The third kappa shape index (κ3) is 3.40. The Bertz CT molecular complexity index is 1040. The highest BCUT2D eigenvalue weighted by Crippen LogP contribution is 2.36. The first-order valence-electron chi connectivity index (χ1n) is 9.09. The van der Waals surface area contributed by atoms with Crippen LogP contribution in [0.5, 0.6) is 5.88 Å². The molecule has 0 unspecified atom stereocenters. The Labute approximate surface area is 157 Å². The van der Waals surface area contributed by atoms with Crippen LogP contribution in [0.25, 0.3) is 27.9 Å². The van der Waals surface area contributed by atoms with Crippen molar-refractivity contribution in [1.82, 2.24) is 14.6 Å². The fourth-order valence-corrected chi connectivity index (χ4v) is 3.09. The number of rotatable bonds is 6. The number of halogens is 1. The molecular formula is C22H20FN3O. The summed E-state index contributed by atoms with van der Waals surface area (Å²) in [5.41, 5.74) is 4.56. The quantitative estimate of drug-likeness (QED) is 0.433. The number of nitrogens with zero attached hydrogens (tertiary/aromatic N) is 3. The van der Waals surface area contributed by atoms with Crippen LogP contribution in [-0.4, -0.2) is 21.2 Å². The summed E-state index contributed by atoms with van der Waals surface area (Å²) in [5, 5.41) is 4.82. The maximum absolute atomic E-state index is 13.4. The van der Waals surface area contributed by atoms with Gasteiger partial charge >= 0.3 is 0 Å². The second-order valence-corrected chi connectivity index (χ2v) is 6.33. The molecule has 3 aromatic heterocycles. The minimum absolute atomic E-state index is 0.267. The van der Waals surface area contributed by atoms with Crippen molar-refractivity contribution in [2.75, 3.05) is 6.61 Å². The van der Waals surface area contributed by atoms with Crippen molar-refractivity contribution in [3.8, 4) is 28.3 Å². The fraction of sp³-hybridized carbons (Fsp3) is 0.182. The number of ether oxygens (including phenoxy) is 1. The minimum atomic E-state index is -0.267. The van der Waals surface area contributed by atoms with Crippen molar-refractivity contribution in [3.05, 3.63) is 72.8 Å². The molecule has 0 radical (unpaired) electrons. The molecule has 0 spiro atoms. The summed E-state index contributed by atoms with van der Waals surface area (Å²) in [5.74, 6) is 0.432. The monoisotopic (exact) mass is 361 g/mol. The molecule has 0 saturated carbocycles. The summed E-state index contributed by atoms with van der Waals surface area (Å²) in [7, 11) is 0. The van der Waals surface area contributed by atoms with Gasteiger partial charge in [-0.15, -0.1) is 0 Å². The molecule has 0 amide bonds. The summed E-state index contributed by atoms with van der Waals surface area (Å²) in [6.45, 7) is 2.78. The molecule has 4 rings (SSSR count). The molecule has 3 heterocycles. The van der Waals surface area contributed by atoms with E-state index in [9.17, 15) is 4.39 Å². The number of fused-ring (bicyclic) bond motifs is 1. The van der Waals surface area contributed by atoms with E-state index in [2.05, 4.69) is 11.9 Å². The van der Waals surface area contributed by atoms with E-state index in [1.807, 2.05) is 34.8 Å². The van der Waals surface area contributed by atoms with Gasteiger partial charge in [0.05, 0.1) is 12.1 Å². The Morgan fingerprint density at radius 2 is 1.74 bits per heavy atom. The van der Waals surface area contributed by atoms with Gasteiger partial charge in [0, 0.05) is 29.6 Å². The highest BCUT2D eigenvalue weighted by molar-refractivity contribution is 5.92. The average Bonchev–Trinajstić information content (AvgIpc) is 3.10. The van der Waals surface area contributed by atoms with E-state index >= 15 is 0 Å². The Morgan fingerprint density at radius 3 is 2.48 bits per heavy atom. The van der Waals surface area contributed by atoms with Gasteiger partial charge in [0.2, 0.25) is 5.88 Å². The maximum Gasteiger partial charge on any atom is 0.214 e. The molecule has 5 heteroatoms. The highest BCUT2D eigenvalue weighted by Gasteiger charge is 2.18. The first kappa shape index (κ1) is 17.2. The second kappa shape index (κ2) is 7.58. The van der Waals surface area contributed by atoms with Crippen molar-refractivity contribution in [1.29, 1.82) is 0 Å². The molecule has 27 heavy (non-hydrogen) atoms. The van der Waals surface area contributed by atoms with Crippen LogP contribution >= 0.6 is 0 Å². The van der Waals surface area contributed by atoms with Crippen molar-refractivity contribution in [2.24, 2.45) is 0 Å². The molecule has 0 aliphatic heterocycles. The zero-order chi connectivity index (χ0) is 18.6. The van der Waals surface area contributed by atoms with Crippen molar-refractivity contribution in [3.63, 3.8) is 0 Å². The number of hydrogen-bond acceptors (Lipinski definition) is 3. The average molecular weight is 361 g/mol. The SMILES string of the molecule is CCCCOc1cccc2c(-c3ccncc3)c(-c3ccc(F)cc3)nn12. The number of aromatic nitrogens is 3. The third-order valence-electron chi connectivity index (χ3n) is 4.46. The molecule has 0 N–H and O–H groups in total. The summed E-state index contributed by atoms with van der Waals surface area (Å²) >= 11 is 0. The number of benzene rings is 1. The van der Waals surface area contributed by atoms with Gasteiger partial charge in [0.1, 0.15) is 11.5 Å². The standard InChI is InChI=1S/C22H20FN3O/c1-2-3-15-27-20-6-4-5-19-21(16-11-13-24-14-12-16)22(25-26(19)20)17-7-9-18(23)10-8-17/h4-14H,2-3,15H2,1H3. The lowest BCUT2D eigenvalue weighted by molar-refractivity contribution is 0.290. The van der Waals surface area contributed by atoms with Gasteiger partial charge in [-0.25, -0.2) is 4.39 Å². The van der Waals surface area contributed by atoms with E-state index in [0.717, 1.165) is 40.7 Å². The number of unbranched alkanes of at least 4 members (excludes halogenated alkanes) is 1. The number of pyridine rings is 2. The molecule has 0 bridgehead atoms. The van der Waals surface area contributed by atoms with Crippen LogP contribution < -0.4 is 4.74 Å². The lowest BCUT2D eigenvalue weighted by Crippen LogP contribution is -2.02. The normalized spacial score (nSPS) is 11.0. The maximum atomic E-state index is 13.4. The van der Waals surface area contributed by atoms with E-state index in [1.165, 1.54) is 12.1 Å². The molecule has 136 valence electrons. The van der Waals surface area contributed by atoms with Crippen LogP contribution in [0.1, 0.15) is 19.8 Å². The zero-order valence-corrected chi connectivity index (χ0v) is 15.1. The lowest BCUT2D eigenvalue weighted by Gasteiger charge is -2.07. The van der Waals surface area contributed by atoms with Crippen molar-refractivity contribution >= 4 is 5.52 Å². The van der Waals surface area contributed by atoms with Crippen molar-refractivity contribution in [2.45, 2.75) is 19.8 Å². The van der Waals surface area contributed by atoms with Crippen LogP contribution in [0.4, 0.5) is 4.39 Å². The largest absolute Gasteiger partial charge is 0.478 e. The Hall–Kier alpha value is -3.21. The van der Waals surface area contributed by atoms with Gasteiger partial charge in [0.25, 0.3) is 0 Å². The predicted molar refractivity (Wildman–Crippen MR) is 104 cm³/mol. The van der Waals surface area contributed by atoms with Gasteiger partial charge in [-0.2, -0.15) is 9.61 Å². The van der Waals surface area contributed by atoms with Gasteiger partial charge < -0.3 is 4.74 Å². The molecule has 1 aromatic carbocycles. The van der Waals surface area contributed by atoms with Crippen LogP contribution in [0, 0.1) is 5.82 Å². The smallest absolute Gasteiger partial charge is 0.214 e. The van der Waals surface area contributed by atoms with E-state index in [4.69, 9.17) is 9.84 Å². The van der Waals surface area contributed by atoms with Crippen LogP contribution in [0.3, 0.4) is 0 Å². The highest BCUT2D eigenvalue weighted by atomic mass is 19.1. The summed E-state index contributed by atoms with van der Waals surface area (Å²) in [6, 6.07) is 16.2. The van der Waals surface area contributed by atoms with Gasteiger partial charge in [-0.3, -0.25) is 4.98 Å². The fourth-order valence-electron chi connectivity index (χ4n) is 3.09. The molecule has 0 aliphatic carbocycles. The first-order valence-corrected chi connectivity index (χ1v) is 9.09. The van der Waals surface area contributed by atoms with Gasteiger partial charge in [-0.1, -0.05) is 19.4 Å². The molecule has 0 atom stereocenters. The molecule has 4 nitrogen and oxygen atoms in total. The predicted octanol–water partition coefficient (Wildman–Crippen LogP) is 5.38. The lowest BCUT2D eigenvalue weighted by atomic mass is 10.0. The van der Waals surface area contributed by atoms with E-state index in [-0.39, 0.29) is 5.82 Å². The molecule has 0 aliphatic rings. The third-order valence-corrected chi connectivity index (χ3v) is 4.46. The van der Waals surface area contributed by atoms with Gasteiger partial charge in [-0.05, 0) is 54.4 Å². The van der Waals surface area contributed by atoms with Crippen LogP contribution in [-0.2, 0) is 0 Å². The second-order valence-electron chi connectivity index (χ2n) is 6.33. The van der Waals surface area contributed by atoms with E-state index < -0.39 is 0 Å². The number of hydrogen-bond donors (Lipinski definition) is 0. The zero-order valence-electron chi connectivity index (χ0n) is 15.1. The Kier molecular flexibility index (Phi) is 4.83. The molecule has 0 saturated heterocycles. The first-order chi connectivity index (χ1) is 13.3. The van der Waals surface area contributed by atoms with Crippen LogP contribution in [0.2, 0.25) is 0 Å². The molecule has 0 fully saturated rings. The summed E-state index contributed by atoms with van der Waals surface area (Å²) < 4.78 is 21.2. The van der Waals surface area contributed by atoms with Crippen LogP contribution in [0.15, 0.2) is 67.0 Å². The van der Waals surface area contributed by atoms with Gasteiger partial charge in [0.15, 0.2) is 0 Å².